The lowest BCUT2D eigenvalue weighted by atomic mass is 9.82. The standard InChI is InChI=1S/C23H28NOSi/c1-15-16(2)20(13-12-18(15)23(3,4)5)25-22-21(26(6)7)14-17-10-8-9-11-19(17)24-22/h8-14H,1-7H3. The van der Waals surface area contributed by atoms with Crippen LogP contribution in [0.3, 0.4) is 0 Å². The van der Waals surface area contributed by atoms with Gasteiger partial charge in [0.05, 0.1) is 14.3 Å². The Morgan fingerprint density at radius 3 is 2.27 bits per heavy atom. The molecule has 0 atom stereocenters. The molecule has 0 aliphatic rings. The van der Waals surface area contributed by atoms with Crippen molar-refractivity contribution in [3.05, 3.63) is 59.2 Å². The van der Waals surface area contributed by atoms with Gasteiger partial charge in [0.25, 0.3) is 0 Å². The summed E-state index contributed by atoms with van der Waals surface area (Å²) in [5.74, 6) is 1.66. The Bertz CT molecular complexity index is 954. The zero-order valence-corrected chi connectivity index (χ0v) is 17.9. The monoisotopic (exact) mass is 362 g/mol. The number of rotatable bonds is 3. The summed E-state index contributed by atoms with van der Waals surface area (Å²) in [5, 5.41) is 2.42. The van der Waals surface area contributed by atoms with Gasteiger partial charge in [-0.15, -0.1) is 0 Å². The molecule has 1 heterocycles. The molecule has 2 nitrogen and oxygen atoms in total. The fourth-order valence-corrected chi connectivity index (χ4v) is 4.34. The topological polar surface area (TPSA) is 22.1 Å². The number of fused-ring (bicyclic) bond motifs is 1. The Balaban J connectivity index is 2.09. The number of hydrogen-bond acceptors (Lipinski definition) is 2. The summed E-state index contributed by atoms with van der Waals surface area (Å²) in [6.45, 7) is 15.6. The number of para-hydroxylation sites is 1. The van der Waals surface area contributed by atoms with Crippen LogP contribution in [0.4, 0.5) is 0 Å². The van der Waals surface area contributed by atoms with Gasteiger partial charge < -0.3 is 4.74 Å². The van der Waals surface area contributed by atoms with Gasteiger partial charge in [-0.3, -0.25) is 0 Å². The molecule has 0 spiro atoms. The second kappa shape index (κ2) is 6.88. The highest BCUT2D eigenvalue weighted by molar-refractivity contribution is 6.71. The van der Waals surface area contributed by atoms with E-state index in [1.165, 1.54) is 27.3 Å². The molecule has 3 heteroatoms. The number of nitrogens with zero attached hydrogens (tertiary/aromatic N) is 1. The van der Waals surface area contributed by atoms with Gasteiger partial charge >= 0.3 is 0 Å². The lowest BCUT2D eigenvalue weighted by molar-refractivity contribution is 0.463. The third kappa shape index (κ3) is 3.54. The molecule has 0 aliphatic heterocycles. The molecule has 2 aromatic carbocycles. The molecule has 26 heavy (non-hydrogen) atoms. The van der Waals surface area contributed by atoms with Crippen molar-refractivity contribution in [1.29, 1.82) is 0 Å². The van der Waals surface area contributed by atoms with E-state index in [0.717, 1.165) is 17.1 Å². The van der Waals surface area contributed by atoms with E-state index in [1.54, 1.807) is 0 Å². The van der Waals surface area contributed by atoms with Crippen LogP contribution in [-0.2, 0) is 5.41 Å². The maximum atomic E-state index is 6.37. The molecule has 0 fully saturated rings. The van der Waals surface area contributed by atoms with Crippen LogP contribution < -0.4 is 9.92 Å². The van der Waals surface area contributed by atoms with E-state index in [0.29, 0.717) is 0 Å². The predicted molar refractivity (Wildman–Crippen MR) is 114 cm³/mol. The Labute approximate surface area is 158 Å². The molecule has 0 amide bonds. The second-order valence-electron chi connectivity index (χ2n) is 8.25. The first-order chi connectivity index (χ1) is 12.2. The van der Waals surface area contributed by atoms with Crippen LogP contribution in [0, 0.1) is 13.8 Å². The lowest BCUT2D eigenvalue weighted by Gasteiger charge is -2.24. The maximum absolute atomic E-state index is 6.37. The van der Waals surface area contributed by atoms with Gasteiger partial charge in [-0.1, -0.05) is 58.1 Å². The quantitative estimate of drug-likeness (QED) is 0.541. The summed E-state index contributed by atoms with van der Waals surface area (Å²) in [4.78, 5) is 4.84. The fourth-order valence-electron chi connectivity index (χ4n) is 3.36. The normalized spacial score (nSPS) is 12.0. The molecule has 0 aliphatic carbocycles. The summed E-state index contributed by atoms with van der Waals surface area (Å²) in [5.41, 5.74) is 4.97. The largest absolute Gasteiger partial charge is 0.439 e. The summed E-state index contributed by atoms with van der Waals surface area (Å²) >= 11 is 0. The number of benzene rings is 2. The average molecular weight is 363 g/mol. The Kier molecular flexibility index (Phi) is 4.94. The van der Waals surface area contributed by atoms with Crippen molar-refractivity contribution in [1.82, 2.24) is 4.98 Å². The summed E-state index contributed by atoms with van der Waals surface area (Å²) in [6.07, 6.45) is 0. The molecule has 0 unspecified atom stereocenters. The third-order valence-corrected chi connectivity index (χ3v) is 6.42. The van der Waals surface area contributed by atoms with Crippen LogP contribution in [-0.4, -0.2) is 13.8 Å². The molecule has 0 bridgehead atoms. The van der Waals surface area contributed by atoms with Gasteiger partial charge in [-0.25, -0.2) is 4.98 Å². The Hall–Kier alpha value is -2.13. The van der Waals surface area contributed by atoms with Crippen molar-refractivity contribution in [3.63, 3.8) is 0 Å². The molecular formula is C23H28NOSi. The van der Waals surface area contributed by atoms with Crippen LogP contribution in [0.2, 0.25) is 13.1 Å². The molecule has 0 saturated heterocycles. The highest BCUT2D eigenvalue weighted by Gasteiger charge is 2.20. The first kappa shape index (κ1) is 18.7. The number of hydrogen-bond donors (Lipinski definition) is 0. The minimum absolute atomic E-state index is 0.128. The van der Waals surface area contributed by atoms with Gasteiger partial charge in [0.2, 0.25) is 5.88 Å². The highest BCUT2D eigenvalue weighted by Crippen LogP contribution is 2.33. The van der Waals surface area contributed by atoms with Crippen molar-refractivity contribution < 1.29 is 4.74 Å². The van der Waals surface area contributed by atoms with Crippen LogP contribution in [0.15, 0.2) is 42.5 Å². The molecule has 0 saturated carbocycles. The van der Waals surface area contributed by atoms with E-state index in [-0.39, 0.29) is 5.41 Å². The summed E-state index contributed by atoms with van der Waals surface area (Å²) in [7, 11) is -0.693. The van der Waals surface area contributed by atoms with Crippen LogP contribution in [0.1, 0.15) is 37.5 Å². The van der Waals surface area contributed by atoms with Crippen molar-refractivity contribution >= 4 is 24.9 Å². The third-order valence-electron chi connectivity index (χ3n) is 4.98. The van der Waals surface area contributed by atoms with Crippen LogP contribution in [0.25, 0.3) is 10.9 Å². The van der Waals surface area contributed by atoms with Crippen molar-refractivity contribution in [3.8, 4) is 11.6 Å². The molecule has 3 aromatic rings. The maximum Gasteiger partial charge on any atom is 0.218 e. The number of pyridine rings is 1. The first-order valence-corrected chi connectivity index (χ1v) is 11.7. The van der Waals surface area contributed by atoms with E-state index in [2.05, 4.69) is 78.0 Å². The SMILES string of the molecule is Cc1c(Oc2nc3ccccc3cc2[Si](C)C)ccc(C(C)(C)C)c1C. The lowest BCUT2D eigenvalue weighted by Crippen LogP contribution is -2.25. The first-order valence-electron chi connectivity index (χ1n) is 9.17. The highest BCUT2D eigenvalue weighted by atomic mass is 28.3. The minimum Gasteiger partial charge on any atom is -0.439 e. The van der Waals surface area contributed by atoms with Gasteiger partial charge in [0.15, 0.2) is 0 Å². The minimum atomic E-state index is -0.693. The van der Waals surface area contributed by atoms with E-state index in [9.17, 15) is 0 Å². The summed E-state index contributed by atoms with van der Waals surface area (Å²) in [6, 6.07) is 14.8. The Morgan fingerprint density at radius 1 is 0.923 bits per heavy atom. The van der Waals surface area contributed by atoms with Gasteiger partial charge in [0, 0.05) is 5.39 Å². The molecule has 135 valence electrons. The Morgan fingerprint density at radius 2 is 1.62 bits per heavy atom. The van der Waals surface area contributed by atoms with E-state index >= 15 is 0 Å². The zero-order valence-electron chi connectivity index (χ0n) is 16.9. The molecule has 0 N–H and O–H groups in total. The second-order valence-corrected chi connectivity index (χ2v) is 10.8. The van der Waals surface area contributed by atoms with E-state index in [1.807, 2.05) is 12.1 Å². The van der Waals surface area contributed by atoms with Crippen LogP contribution in [0.5, 0.6) is 11.6 Å². The molecule has 1 radical (unpaired) electrons. The fraction of sp³-hybridized carbons (Fsp3) is 0.348. The van der Waals surface area contributed by atoms with Gasteiger partial charge in [-0.2, -0.15) is 0 Å². The van der Waals surface area contributed by atoms with Crippen molar-refractivity contribution in [2.45, 2.75) is 53.1 Å². The van der Waals surface area contributed by atoms with Gasteiger partial charge in [0.1, 0.15) is 5.75 Å². The molecule has 1 aromatic heterocycles. The van der Waals surface area contributed by atoms with Crippen molar-refractivity contribution in [2.24, 2.45) is 0 Å². The summed E-state index contributed by atoms with van der Waals surface area (Å²) < 4.78 is 6.37. The smallest absolute Gasteiger partial charge is 0.218 e. The van der Waals surface area contributed by atoms with Gasteiger partial charge in [-0.05, 0) is 59.3 Å². The average Bonchev–Trinajstić information content (AvgIpc) is 2.57. The molecule has 3 rings (SSSR count). The predicted octanol–water partition coefficient (Wildman–Crippen LogP) is 5.90. The number of ether oxygens (including phenoxy) is 1. The zero-order chi connectivity index (χ0) is 19.1. The molecular weight excluding hydrogens is 334 g/mol. The van der Waals surface area contributed by atoms with E-state index < -0.39 is 8.80 Å². The van der Waals surface area contributed by atoms with Crippen LogP contribution >= 0.6 is 0 Å². The number of aromatic nitrogens is 1. The van der Waals surface area contributed by atoms with E-state index in [4.69, 9.17) is 9.72 Å². The van der Waals surface area contributed by atoms with Crippen molar-refractivity contribution in [2.75, 3.05) is 0 Å².